The van der Waals surface area contributed by atoms with Crippen molar-refractivity contribution in [2.75, 3.05) is 18.5 Å². The molecule has 0 spiro atoms. The summed E-state index contributed by atoms with van der Waals surface area (Å²) in [6.07, 6.45) is 1.08. The fraction of sp³-hybridized carbons (Fsp3) is 0.259. The van der Waals surface area contributed by atoms with Crippen LogP contribution in [-0.2, 0) is 4.79 Å². The van der Waals surface area contributed by atoms with E-state index >= 15 is 0 Å². The number of anilines is 1. The van der Waals surface area contributed by atoms with Crippen LogP contribution in [0.1, 0.15) is 38.7 Å². The number of benzene rings is 3. The molecule has 1 atom stereocenters. The summed E-state index contributed by atoms with van der Waals surface area (Å²) in [4.78, 5) is 16.9. The quantitative estimate of drug-likeness (QED) is 0.322. The van der Waals surface area contributed by atoms with Gasteiger partial charge in [-0.1, -0.05) is 26.0 Å². The maximum absolute atomic E-state index is 12.4. The van der Waals surface area contributed by atoms with Gasteiger partial charge in [0.1, 0.15) is 17.0 Å². The number of aromatic nitrogens is 1. The van der Waals surface area contributed by atoms with Crippen molar-refractivity contribution in [2.24, 2.45) is 0 Å². The minimum absolute atomic E-state index is 0.0725. The van der Waals surface area contributed by atoms with Crippen LogP contribution >= 0.6 is 0 Å². The Kier molecular flexibility index (Phi) is 6.93. The predicted molar refractivity (Wildman–Crippen MR) is 130 cm³/mol. The van der Waals surface area contributed by atoms with E-state index in [0.717, 1.165) is 17.7 Å². The van der Waals surface area contributed by atoms with E-state index in [2.05, 4.69) is 24.1 Å². The second-order valence-corrected chi connectivity index (χ2v) is 7.87. The van der Waals surface area contributed by atoms with Crippen LogP contribution in [0.4, 0.5) is 5.69 Å². The zero-order valence-corrected chi connectivity index (χ0v) is 19.1. The second-order valence-electron chi connectivity index (χ2n) is 7.87. The van der Waals surface area contributed by atoms with Crippen molar-refractivity contribution in [3.8, 4) is 23.0 Å². The minimum Gasteiger partial charge on any atom is -0.494 e. The van der Waals surface area contributed by atoms with Crippen molar-refractivity contribution in [3.05, 3.63) is 72.3 Å². The summed E-state index contributed by atoms with van der Waals surface area (Å²) in [6.45, 7) is 6.85. The molecule has 0 aliphatic rings. The highest BCUT2D eigenvalue weighted by molar-refractivity contribution is 5.94. The van der Waals surface area contributed by atoms with Gasteiger partial charge in [0.2, 0.25) is 5.89 Å². The number of amides is 1. The largest absolute Gasteiger partial charge is 0.494 e. The van der Waals surface area contributed by atoms with E-state index in [1.807, 2.05) is 55.5 Å². The topological polar surface area (TPSA) is 73.6 Å². The van der Waals surface area contributed by atoms with E-state index in [9.17, 15) is 4.79 Å². The Labute approximate surface area is 193 Å². The average molecular weight is 445 g/mol. The van der Waals surface area contributed by atoms with Crippen LogP contribution in [0.5, 0.6) is 11.5 Å². The SMILES string of the molecule is CCOc1ccc(-c2nc3cc(NC(=O)COc4ccc([C@@H](C)CC)cc4)ccc3o2)cc1. The van der Waals surface area contributed by atoms with E-state index < -0.39 is 0 Å². The lowest BCUT2D eigenvalue weighted by Crippen LogP contribution is -2.20. The molecular formula is C27H28N2O4. The molecule has 1 N–H and O–H groups in total. The maximum atomic E-state index is 12.4. The van der Waals surface area contributed by atoms with Gasteiger partial charge in [-0.2, -0.15) is 0 Å². The molecule has 0 radical (unpaired) electrons. The molecule has 33 heavy (non-hydrogen) atoms. The third-order valence-corrected chi connectivity index (χ3v) is 5.52. The summed E-state index contributed by atoms with van der Waals surface area (Å²) in [7, 11) is 0. The summed E-state index contributed by atoms with van der Waals surface area (Å²) < 4.78 is 17.0. The Morgan fingerprint density at radius 3 is 2.36 bits per heavy atom. The lowest BCUT2D eigenvalue weighted by molar-refractivity contribution is -0.118. The Hall–Kier alpha value is -3.80. The molecule has 0 saturated heterocycles. The number of ether oxygens (including phenoxy) is 2. The number of hydrogen-bond donors (Lipinski definition) is 1. The monoisotopic (exact) mass is 444 g/mol. The van der Waals surface area contributed by atoms with Gasteiger partial charge in [-0.25, -0.2) is 4.98 Å². The lowest BCUT2D eigenvalue weighted by Gasteiger charge is -2.11. The van der Waals surface area contributed by atoms with E-state index in [4.69, 9.17) is 13.9 Å². The predicted octanol–water partition coefficient (Wildman–Crippen LogP) is 6.42. The molecule has 0 unspecified atom stereocenters. The van der Waals surface area contributed by atoms with Gasteiger partial charge >= 0.3 is 0 Å². The first-order valence-corrected chi connectivity index (χ1v) is 11.2. The van der Waals surface area contributed by atoms with E-state index in [-0.39, 0.29) is 12.5 Å². The Morgan fingerprint density at radius 2 is 1.67 bits per heavy atom. The Morgan fingerprint density at radius 1 is 0.970 bits per heavy atom. The fourth-order valence-electron chi connectivity index (χ4n) is 3.46. The highest BCUT2D eigenvalue weighted by Gasteiger charge is 2.11. The molecule has 0 saturated carbocycles. The van der Waals surface area contributed by atoms with Gasteiger partial charge in [0.25, 0.3) is 5.91 Å². The van der Waals surface area contributed by atoms with Gasteiger partial charge in [0.05, 0.1) is 6.61 Å². The van der Waals surface area contributed by atoms with Gasteiger partial charge in [-0.3, -0.25) is 4.79 Å². The third-order valence-electron chi connectivity index (χ3n) is 5.52. The van der Waals surface area contributed by atoms with Crippen LogP contribution in [0.15, 0.2) is 71.1 Å². The average Bonchev–Trinajstić information content (AvgIpc) is 3.27. The van der Waals surface area contributed by atoms with Crippen molar-refractivity contribution in [3.63, 3.8) is 0 Å². The lowest BCUT2D eigenvalue weighted by atomic mass is 9.99. The molecular weight excluding hydrogens is 416 g/mol. The number of oxazole rings is 1. The molecule has 170 valence electrons. The standard InChI is InChI=1S/C27H28N2O4/c1-4-18(3)19-6-11-23(12-7-19)32-17-26(30)28-21-10-15-25-24(16-21)29-27(33-25)20-8-13-22(14-9-20)31-5-2/h6-16,18H,4-5,17H2,1-3H3,(H,28,30)/t18-/m0/s1. The van der Waals surface area contributed by atoms with E-state index in [0.29, 0.717) is 41.0 Å². The molecule has 4 aromatic rings. The maximum Gasteiger partial charge on any atom is 0.262 e. The summed E-state index contributed by atoms with van der Waals surface area (Å²) in [5.74, 6) is 2.25. The highest BCUT2D eigenvalue weighted by atomic mass is 16.5. The Balaban J connectivity index is 1.37. The molecule has 0 bridgehead atoms. The number of rotatable bonds is 9. The van der Waals surface area contributed by atoms with Gasteiger partial charge < -0.3 is 19.2 Å². The third kappa shape index (κ3) is 5.52. The number of nitrogens with one attached hydrogen (secondary N) is 1. The zero-order valence-electron chi connectivity index (χ0n) is 19.1. The normalized spacial score (nSPS) is 11.8. The summed E-state index contributed by atoms with van der Waals surface area (Å²) in [5, 5.41) is 2.85. The molecule has 0 aliphatic heterocycles. The van der Waals surface area contributed by atoms with Crippen molar-refractivity contribution in [1.29, 1.82) is 0 Å². The van der Waals surface area contributed by atoms with Gasteiger partial charge in [-0.05, 0) is 79.4 Å². The zero-order chi connectivity index (χ0) is 23.2. The number of carbonyl (C=O) groups is 1. The van der Waals surface area contributed by atoms with Crippen molar-refractivity contribution < 1.29 is 18.7 Å². The Bertz CT molecular complexity index is 1210. The molecule has 4 rings (SSSR count). The molecule has 3 aromatic carbocycles. The number of nitrogens with zero attached hydrogens (tertiary/aromatic N) is 1. The van der Waals surface area contributed by atoms with Crippen LogP contribution in [0.2, 0.25) is 0 Å². The summed E-state index contributed by atoms with van der Waals surface area (Å²) in [5.41, 5.74) is 4.07. The van der Waals surface area contributed by atoms with Crippen molar-refractivity contribution in [2.45, 2.75) is 33.1 Å². The summed E-state index contributed by atoms with van der Waals surface area (Å²) in [6, 6.07) is 20.8. The van der Waals surface area contributed by atoms with Crippen LogP contribution < -0.4 is 14.8 Å². The van der Waals surface area contributed by atoms with E-state index in [1.54, 1.807) is 18.2 Å². The molecule has 6 heteroatoms. The van der Waals surface area contributed by atoms with Gasteiger partial charge in [0, 0.05) is 11.3 Å². The smallest absolute Gasteiger partial charge is 0.262 e. The summed E-state index contributed by atoms with van der Waals surface area (Å²) >= 11 is 0. The highest BCUT2D eigenvalue weighted by Crippen LogP contribution is 2.27. The minimum atomic E-state index is -0.240. The number of carbonyl (C=O) groups excluding carboxylic acids is 1. The molecule has 1 aromatic heterocycles. The van der Waals surface area contributed by atoms with Crippen LogP contribution in [0.25, 0.3) is 22.6 Å². The number of hydrogen-bond acceptors (Lipinski definition) is 5. The molecule has 0 fully saturated rings. The second kappa shape index (κ2) is 10.2. The van der Waals surface area contributed by atoms with Crippen LogP contribution in [0.3, 0.4) is 0 Å². The van der Waals surface area contributed by atoms with Crippen molar-refractivity contribution >= 4 is 22.7 Å². The van der Waals surface area contributed by atoms with Crippen LogP contribution in [-0.4, -0.2) is 24.1 Å². The van der Waals surface area contributed by atoms with Crippen LogP contribution in [0, 0.1) is 0 Å². The number of fused-ring (bicyclic) bond motifs is 1. The first-order valence-electron chi connectivity index (χ1n) is 11.2. The van der Waals surface area contributed by atoms with Gasteiger partial charge in [-0.15, -0.1) is 0 Å². The fourth-order valence-corrected chi connectivity index (χ4v) is 3.46. The first-order chi connectivity index (χ1) is 16.1. The van der Waals surface area contributed by atoms with Crippen molar-refractivity contribution in [1.82, 2.24) is 4.98 Å². The molecule has 0 aliphatic carbocycles. The van der Waals surface area contributed by atoms with E-state index in [1.165, 1.54) is 5.56 Å². The molecule has 1 heterocycles. The first kappa shape index (κ1) is 22.4. The van der Waals surface area contributed by atoms with Gasteiger partial charge in [0.15, 0.2) is 12.2 Å². The molecule has 6 nitrogen and oxygen atoms in total. The molecule has 1 amide bonds.